The molecule has 0 aromatic heterocycles. The molecule has 12 nitrogen and oxygen atoms in total. The summed E-state index contributed by atoms with van der Waals surface area (Å²) in [6.07, 6.45) is -1.15. The van der Waals surface area contributed by atoms with Crippen LogP contribution in [0.1, 0.15) is 30.9 Å². The molecule has 0 saturated carbocycles. The van der Waals surface area contributed by atoms with Gasteiger partial charge in [0.1, 0.15) is 0 Å². The van der Waals surface area contributed by atoms with Gasteiger partial charge in [-0.05, 0) is 37.1 Å². The number of nitrogens with one attached hydrogen (secondary N) is 1. The minimum absolute atomic E-state index is 0.0212. The summed E-state index contributed by atoms with van der Waals surface area (Å²) in [5, 5.41) is 32.8. The second-order valence-corrected chi connectivity index (χ2v) is 11.2. The summed E-state index contributed by atoms with van der Waals surface area (Å²) in [7, 11) is -2.60. The molecule has 1 aliphatic heterocycles. The molecular formula is C27H30N2O10S. The monoisotopic (exact) mass is 574 g/mol. The maximum absolute atomic E-state index is 13.3. The number of carbonyl (C=O) groups excluding carboxylic acids is 2. The number of methoxy groups -OCH3 is 1. The molecule has 0 spiro atoms. The molecule has 0 radical (unpaired) electrons. The number of allylic oxidation sites excluding steroid dienone is 2. The van der Waals surface area contributed by atoms with E-state index in [4.69, 9.17) is 14.6 Å². The Morgan fingerprint density at radius 3 is 2.27 bits per heavy atom. The number of aliphatic hydroxyl groups is 2. The van der Waals surface area contributed by atoms with Crippen molar-refractivity contribution in [2.24, 2.45) is 0 Å². The van der Waals surface area contributed by atoms with Crippen LogP contribution in [0, 0.1) is 10.1 Å². The van der Waals surface area contributed by atoms with Gasteiger partial charge in [-0.15, -0.1) is 0 Å². The molecule has 0 amide bonds. The smallest absolute Gasteiger partial charge is 0.336 e. The van der Waals surface area contributed by atoms with E-state index in [2.05, 4.69) is 5.32 Å². The highest BCUT2D eigenvalue weighted by Gasteiger charge is 2.38. The number of nitro groups is 1. The highest BCUT2D eigenvalue weighted by atomic mass is 32.2. The summed E-state index contributed by atoms with van der Waals surface area (Å²) in [5.74, 6) is -3.05. The van der Waals surface area contributed by atoms with Gasteiger partial charge in [0, 0.05) is 29.9 Å². The molecule has 13 heteroatoms. The average Bonchev–Trinajstić information content (AvgIpc) is 2.92. The zero-order valence-corrected chi connectivity index (χ0v) is 22.9. The van der Waals surface area contributed by atoms with Crippen molar-refractivity contribution in [2.75, 3.05) is 26.1 Å². The molecule has 2 aromatic rings. The Morgan fingerprint density at radius 1 is 1.07 bits per heavy atom. The van der Waals surface area contributed by atoms with Gasteiger partial charge >= 0.3 is 11.9 Å². The summed E-state index contributed by atoms with van der Waals surface area (Å²) < 4.78 is 35.1. The number of rotatable bonds is 11. The number of carbonyl (C=O) groups is 2. The molecule has 2 unspecified atom stereocenters. The van der Waals surface area contributed by atoms with Crippen molar-refractivity contribution < 1.29 is 42.6 Å². The lowest BCUT2D eigenvalue weighted by Crippen LogP contribution is -2.32. The van der Waals surface area contributed by atoms with Gasteiger partial charge < -0.3 is 25.0 Å². The van der Waals surface area contributed by atoms with Gasteiger partial charge in [-0.3, -0.25) is 10.1 Å². The largest absolute Gasteiger partial charge is 0.466 e. The first-order valence-electron chi connectivity index (χ1n) is 12.2. The third-order valence-corrected chi connectivity index (χ3v) is 8.14. The highest BCUT2D eigenvalue weighted by molar-refractivity contribution is 7.91. The summed E-state index contributed by atoms with van der Waals surface area (Å²) >= 11 is 0. The third kappa shape index (κ3) is 6.92. The van der Waals surface area contributed by atoms with Gasteiger partial charge in [0.25, 0.3) is 5.69 Å². The molecule has 3 rings (SSSR count). The predicted molar refractivity (Wildman–Crippen MR) is 143 cm³/mol. The van der Waals surface area contributed by atoms with Crippen LogP contribution < -0.4 is 5.32 Å². The minimum Gasteiger partial charge on any atom is -0.466 e. The number of sulfone groups is 1. The molecule has 0 aliphatic carbocycles. The van der Waals surface area contributed by atoms with Crippen molar-refractivity contribution >= 4 is 27.5 Å². The number of nitrogens with zero attached hydrogens (tertiary/aromatic N) is 1. The average molecular weight is 575 g/mol. The molecule has 214 valence electrons. The molecule has 0 saturated heterocycles. The van der Waals surface area contributed by atoms with Crippen LogP contribution in [0.3, 0.4) is 0 Å². The van der Waals surface area contributed by atoms with Crippen LogP contribution in [-0.2, 0) is 35.3 Å². The Bertz CT molecular complexity index is 1460. The molecular weight excluding hydrogens is 544 g/mol. The van der Waals surface area contributed by atoms with E-state index in [-0.39, 0.29) is 34.8 Å². The quantitative estimate of drug-likeness (QED) is 0.202. The van der Waals surface area contributed by atoms with Crippen LogP contribution in [0.25, 0.3) is 0 Å². The number of hydrogen-bond acceptors (Lipinski definition) is 11. The van der Waals surface area contributed by atoms with Crippen molar-refractivity contribution in [3.05, 3.63) is 92.3 Å². The maximum Gasteiger partial charge on any atom is 0.336 e. The number of ether oxygens (including phenoxy) is 2. The van der Waals surface area contributed by atoms with E-state index in [1.54, 1.807) is 32.0 Å². The predicted octanol–water partition coefficient (Wildman–Crippen LogP) is 1.92. The summed E-state index contributed by atoms with van der Waals surface area (Å²) in [4.78, 5) is 36.9. The van der Waals surface area contributed by atoms with Crippen LogP contribution in [0.2, 0.25) is 0 Å². The van der Waals surface area contributed by atoms with E-state index in [0.29, 0.717) is 22.5 Å². The van der Waals surface area contributed by atoms with E-state index < -0.39 is 51.1 Å². The number of hydrogen-bond donors (Lipinski definition) is 3. The Morgan fingerprint density at radius 2 is 1.70 bits per heavy atom. The first kappa shape index (κ1) is 30.5. The standard InChI is InChI=1S/C27H30N2O10S/c1-16-23(26(32)38-3)25(19-5-4-6-20(13-19)29(34)35)24(17(2)28-16)27(33)39-12-11-18-7-9-22(10-8-18)40(36,37)15-21(31)14-30/h4-10,13,21,25,28,30-31H,11-12,14-15H2,1-3H3. The van der Waals surface area contributed by atoms with Crippen molar-refractivity contribution in [1.29, 1.82) is 0 Å². The molecule has 2 atom stereocenters. The number of benzene rings is 2. The van der Waals surface area contributed by atoms with Crippen LogP contribution in [0.4, 0.5) is 5.69 Å². The van der Waals surface area contributed by atoms with E-state index in [0.717, 1.165) is 0 Å². The van der Waals surface area contributed by atoms with Crippen molar-refractivity contribution in [2.45, 2.75) is 37.2 Å². The number of dihydropyridines is 1. The lowest BCUT2D eigenvalue weighted by atomic mass is 9.80. The highest BCUT2D eigenvalue weighted by Crippen LogP contribution is 2.40. The normalized spacial score (nSPS) is 16.3. The minimum atomic E-state index is -3.80. The zero-order valence-electron chi connectivity index (χ0n) is 22.1. The van der Waals surface area contributed by atoms with Gasteiger partial charge in [-0.25, -0.2) is 18.0 Å². The molecule has 1 heterocycles. The van der Waals surface area contributed by atoms with Gasteiger partial charge in [-0.2, -0.15) is 0 Å². The fraction of sp³-hybridized carbons (Fsp3) is 0.333. The van der Waals surface area contributed by atoms with Gasteiger partial charge in [-0.1, -0.05) is 24.3 Å². The first-order valence-corrected chi connectivity index (χ1v) is 13.8. The fourth-order valence-electron chi connectivity index (χ4n) is 4.40. The topological polar surface area (TPSA) is 182 Å². The van der Waals surface area contributed by atoms with E-state index in [1.165, 1.54) is 37.4 Å². The maximum atomic E-state index is 13.3. The summed E-state index contributed by atoms with van der Waals surface area (Å²) in [5.41, 5.74) is 1.84. The summed E-state index contributed by atoms with van der Waals surface area (Å²) in [6.45, 7) is 2.51. The van der Waals surface area contributed by atoms with Crippen molar-refractivity contribution in [1.82, 2.24) is 5.32 Å². The molecule has 40 heavy (non-hydrogen) atoms. The number of esters is 2. The van der Waals surface area contributed by atoms with Crippen LogP contribution >= 0.6 is 0 Å². The second kappa shape index (κ2) is 12.9. The van der Waals surface area contributed by atoms with Crippen LogP contribution in [0.5, 0.6) is 0 Å². The molecule has 3 N–H and O–H groups in total. The van der Waals surface area contributed by atoms with Crippen molar-refractivity contribution in [3.8, 4) is 0 Å². The first-order chi connectivity index (χ1) is 18.9. The Hall–Kier alpha value is -4.07. The zero-order chi connectivity index (χ0) is 29.6. The lowest BCUT2D eigenvalue weighted by molar-refractivity contribution is -0.384. The molecule has 0 bridgehead atoms. The van der Waals surface area contributed by atoms with Crippen LogP contribution in [0.15, 0.2) is 76.0 Å². The van der Waals surface area contributed by atoms with Gasteiger partial charge in [0.05, 0.1) is 59.1 Å². The number of non-ortho nitro benzene ring substituents is 1. The molecule has 2 aromatic carbocycles. The van der Waals surface area contributed by atoms with E-state index >= 15 is 0 Å². The Balaban J connectivity index is 1.81. The fourth-order valence-corrected chi connectivity index (χ4v) is 5.76. The third-order valence-electron chi connectivity index (χ3n) is 6.33. The molecule has 0 fully saturated rings. The number of nitro benzene ring substituents is 1. The SMILES string of the molecule is COC(=O)C1=C(C)NC(C)=C(C(=O)OCCc2ccc(S(=O)(=O)CC(O)CO)cc2)C1c1cccc([N+](=O)[O-])c1. The van der Waals surface area contributed by atoms with Gasteiger partial charge in [0.15, 0.2) is 9.84 Å². The van der Waals surface area contributed by atoms with E-state index in [9.17, 15) is 33.2 Å². The molecule has 1 aliphatic rings. The van der Waals surface area contributed by atoms with E-state index in [1.807, 2.05) is 0 Å². The Kier molecular flexibility index (Phi) is 9.79. The lowest BCUT2D eigenvalue weighted by Gasteiger charge is -2.30. The van der Waals surface area contributed by atoms with Crippen molar-refractivity contribution in [3.63, 3.8) is 0 Å². The van der Waals surface area contributed by atoms with Crippen LogP contribution in [-0.4, -0.2) is 67.7 Å². The van der Waals surface area contributed by atoms with Gasteiger partial charge in [0.2, 0.25) is 0 Å². The Labute approximate surface area is 231 Å². The second-order valence-electron chi connectivity index (χ2n) is 9.13. The number of aliphatic hydroxyl groups excluding tert-OH is 2. The summed E-state index contributed by atoms with van der Waals surface area (Å²) in [6, 6.07) is 11.5.